The van der Waals surface area contributed by atoms with Crippen LogP contribution in [0.1, 0.15) is 29.0 Å². The Kier molecular flexibility index (Phi) is 5.43. The summed E-state index contributed by atoms with van der Waals surface area (Å²) < 4.78 is 16.7. The molecule has 4 aromatic rings. The molecule has 0 spiro atoms. The maximum absolute atomic E-state index is 14.7. The van der Waals surface area contributed by atoms with Crippen LogP contribution in [0.2, 0.25) is 0 Å². The Morgan fingerprint density at radius 1 is 0.931 bits per heavy atom. The van der Waals surface area contributed by atoms with Crippen molar-refractivity contribution in [2.75, 3.05) is 0 Å². The number of para-hydroxylation sites is 1. The predicted molar refractivity (Wildman–Crippen MR) is 114 cm³/mol. The molecular formula is C25H23FN2O. The van der Waals surface area contributed by atoms with E-state index < -0.39 is 0 Å². The predicted octanol–water partition coefficient (Wildman–Crippen LogP) is 5.16. The number of nitrogens with zero attached hydrogens (tertiary/aromatic N) is 1. The molecule has 4 rings (SSSR count). The highest BCUT2D eigenvalue weighted by molar-refractivity contribution is 5.86. The van der Waals surface area contributed by atoms with Gasteiger partial charge in [0.05, 0.1) is 0 Å². The normalized spacial score (nSPS) is 12.1. The molecule has 0 fully saturated rings. The van der Waals surface area contributed by atoms with Crippen LogP contribution in [0.25, 0.3) is 10.9 Å². The van der Waals surface area contributed by atoms with Crippen LogP contribution in [0.15, 0.2) is 85.1 Å². The highest BCUT2D eigenvalue weighted by Gasteiger charge is 2.24. The van der Waals surface area contributed by atoms with E-state index in [0.717, 1.165) is 22.0 Å². The number of rotatable bonds is 6. The second-order valence-electron chi connectivity index (χ2n) is 7.25. The number of aromatic nitrogens is 1. The zero-order valence-corrected chi connectivity index (χ0v) is 16.3. The highest BCUT2D eigenvalue weighted by Crippen LogP contribution is 2.35. The molecule has 4 heteroatoms. The molecule has 0 radical (unpaired) electrons. The van der Waals surface area contributed by atoms with Crippen LogP contribution in [-0.4, -0.2) is 10.5 Å². The van der Waals surface area contributed by atoms with Gasteiger partial charge in [-0.05, 0) is 28.8 Å². The van der Waals surface area contributed by atoms with Crippen LogP contribution in [-0.2, 0) is 18.4 Å². The lowest BCUT2D eigenvalue weighted by atomic mass is 9.87. The number of fused-ring (bicyclic) bond motifs is 1. The minimum absolute atomic E-state index is 0.102. The topological polar surface area (TPSA) is 34.0 Å². The Balaban J connectivity index is 1.66. The van der Waals surface area contributed by atoms with Gasteiger partial charge in [-0.15, -0.1) is 0 Å². The van der Waals surface area contributed by atoms with Gasteiger partial charge in [-0.3, -0.25) is 4.79 Å². The number of nitrogens with one attached hydrogen (secondary N) is 1. The fourth-order valence-corrected chi connectivity index (χ4v) is 3.85. The molecule has 0 aliphatic heterocycles. The fourth-order valence-electron chi connectivity index (χ4n) is 3.85. The van der Waals surface area contributed by atoms with Gasteiger partial charge < -0.3 is 9.88 Å². The number of carbonyl (C=O) groups is 1. The average molecular weight is 386 g/mol. The SMILES string of the molecule is Cn1cc([C@H](CC(=O)NCc2ccccc2)c2ccccc2F)c2ccccc21. The zero-order valence-electron chi connectivity index (χ0n) is 16.3. The molecule has 1 N–H and O–H groups in total. The van der Waals surface area contributed by atoms with Crippen molar-refractivity contribution in [2.24, 2.45) is 7.05 Å². The molecule has 1 amide bonds. The monoisotopic (exact) mass is 386 g/mol. The van der Waals surface area contributed by atoms with Gasteiger partial charge in [0.15, 0.2) is 0 Å². The highest BCUT2D eigenvalue weighted by atomic mass is 19.1. The third kappa shape index (κ3) is 4.06. The number of hydrogen-bond donors (Lipinski definition) is 1. The lowest BCUT2D eigenvalue weighted by Gasteiger charge is -2.18. The third-order valence-electron chi connectivity index (χ3n) is 5.31. The first kappa shape index (κ1) is 18.9. The standard InChI is InChI=1S/C25H23FN2O/c1-28-17-22(20-12-6-8-14-24(20)28)21(19-11-5-7-13-23(19)26)15-25(29)27-16-18-9-3-2-4-10-18/h2-14,17,21H,15-16H2,1H3,(H,27,29)/t21-/m1/s1. The molecule has 0 aliphatic carbocycles. The van der Waals surface area contributed by atoms with E-state index in [9.17, 15) is 9.18 Å². The lowest BCUT2D eigenvalue weighted by molar-refractivity contribution is -0.121. The summed E-state index contributed by atoms with van der Waals surface area (Å²) >= 11 is 0. The number of aryl methyl sites for hydroxylation is 1. The van der Waals surface area contributed by atoms with Crippen molar-refractivity contribution >= 4 is 16.8 Å². The maximum atomic E-state index is 14.7. The van der Waals surface area contributed by atoms with Crippen LogP contribution in [0.3, 0.4) is 0 Å². The Labute approximate surface area is 169 Å². The van der Waals surface area contributed by atoms with Gasteiger partial charge in [-0.2, -0.15) is 0 Å². The van der Waals surface area contributed by atoms with E-state index in [1.807, 2.05) is 78.5 Å². The minimum atomic E-state index is -0.363. The van der Waals surface area contributed by atoms with E-state index in [-0.39, 0.29) is 24.1 Å². The Bertz CT molecular complexity index is 1130. The largest absolute Gasteiger partial charge is 0.352 e. The summed E-state index contributed by atoms with van der Waals surface area (Å²) in [6.07, 6.45) is 2.19. The number of benzene rings is 3. The molecule has 3 aromatic carbocycles. The van der Waals surface area contributed by atoms with E-state index in [1.54, 1.807) is 12.1 Å². The summed E-state index contributed by atoms with van der Waals surface area (Å²) in [5.41, 5.74) is 3.60. The first-order valence-corrected chi connectivity index (χ1v) is 9.72. The summed E-state index contributed by atoms with van der Waals surface area (Å²) in [4.78, 5) is 12.8. The summed E-state index contributed by atoms with van der Waals surface area (Å²) in [7, 11) is 1.97. The number of halogens is 1. The van der Waals surface area contributed by atoms with Gasteiger partial charge in [0.2, 0.25) is 5.91 Å². The molecule has 0 bridgehead atoms. The molecule has 0 saturated heterocycles. The van der Waals surface area contributed by atoms with Crippen LogP contribution < -0.4 is 5.32 Å². The molecule has 1 aromatic heterocycles. The smallest absolute Gasteiger partial charge is 0.221 e. The second kappa shape index (κ2) is 8.31. The van der Waals surface area contributed by atoms with Crippen LogP contribution in [0.5, 0.6) is 0 Å². The van der Waals surface area contributed by atoms with Crippen molar-refractivity contribution in [1.82, 2.24) is 9.88 Å². The molecule has 29 heavy (non-hydrogen) atoms. The van der Waals surface area contributed by atoms with E-state index in [0.29, 0.717) is 12.1 Å². The zero-order chi connectivity index (χ0) is 20.2. The average Bonchev–Trinajstić information content (AvgIpc) is 3.09. The van der Waals surface area contributed by atoms with Gasteiger partial charge in [0.1, 0.15) is 5.82 Å². The van der Waals surface area contributed by atoms with E-state index in [2.05, 4.69) is 5.32 Å². The van der Waals surface area contributed by atoms with E-state index in [4.69, 9.17) is 0 Å². The molecule has 1 heterocycles. The van der Waals surface area contributed by atoms with Crippen molar-refractivity contribution in [3.63, 3.8) is 0 Å². The van der Waals surface area contributed by atoms with Gasteiger partial charge in [0, 0.05) is 43.0 Å². The number of hydrogen-bond acceptors (Lipinski definition) is 1. The first-order chi connectivity index (χ1) is 14.1. The van der Waals surface area contributed by atoms with Crippen LogP contribution >= 0.6 is 0 Å². The summed E-state index contributed by atoms with van der Waals surface area (Å²) in [5, 5.41) is 4.02. The molecule has 146 valence electrons. The fraction of sp³-hybridized carbons (Fsp3) is 0.160. The third-order valence-corrected chi connectivity index (χ3v) is 5.31. The van der Waals surface area contributed by atoms with Crippen molar-refractivity contribution in [3.8, 4) is 0 Å². The molecule has 1 atom stereocenters. The van der Waals surface area contributed by atoms with Crippen molar-refractivity contribution in [2.45, 2.75) is 18.9 Å². The Morgan fingerprint density at radius 2 is 1.62 bits per heavy atom. The van der Waals surface area contributed by atoms with Crippen LogP contribution in [0, 0.1) is 5.82 Å². The quantitative estimate of drug-likeness (QED) is 0.488. The van der Waals surface area contributed by atoms with Crippen molar-refractivity contribution < 1.29 is 9.18 Å². The van der Waals surface area contributed by atoms with Crippen molar-refractivity contribution in [1.29, 1.82) is 0 Å². The number of amides is 1. The summed E-state index contributed by atoms with van der Waals surface area (Å²) in [5.74, 6) is -0.755. The summed E-state index contributed by atoms with van der Waals surface area (Å²) in [6, 6.07) is 24.5. The van der Waals surface area contributed by atoms with Gasteiger partial charge in [-0.25, -0.2) is 4.39 Å². The van der Waals surface area contributed by atoms with Gasteiger partial charge >= 0.3 is 0 Å². The van der Waals surface area contributed by atoms with Gasteiger partial charge in [-0.1, -0.05) is 66.7 Å². The van der Waals surface area contributed by atoms with Crippen molar-refractivity contribution in [3.05, 3.63) is 108 Å². The van der Waals surface area contributed by atoms with E-state index in [1.165, 1.54) is 6.07 Å². The number of carbonyl (C=O) groups excluding carboxylic acids is 1. The Hall–Kier alpha value is -3.40. The molecule has 0 aliphatic rings. The van der Waals surface area contributed by atoms with Crippen LogP contribution in [0.4, 0.5) is 4.39 Å². The molecule has 0 saturated carbocycles. The van der Waals surface area contributed by atoms with Gasteiger partial charge in [0.25, 0.3) is 0 Å². The Morgan fingerprint density at radius 3 is 2.41 bits per heavy atom. The first-order valence-electron chi connectivity index (χ1n) is 9.72. The molecule has 3 nitrogen and oxygen atoms in total. The van der Waals surface area contributed by atoms with E-state index >= 15 is 0 Å². The maximum Gasteiger partial charge on any atom is 0.221 e. The second-order valence-corrected chi connectivity index (χ2v) is 7.25. The molecular weight excluding hydrogens is 363 g/mol. The lowest BCUT2D eigenvalue weighted by Crippen LogP contribution is -2.25. The summed E-state index contributed by atoms with van der Waals surface area (Å²) in [6.45, 7) is 0.458. The minimum Gasteiger partial charge on any atom is -0.352 e. The molecule has 0 unspecified atom stereocenters.